The van der Waals surface area contributed by atoms with Gasteiger partial charge in [0.05, 0.1) is 0 Å². The van der Waals surface area contributed by atoms with E-state index in [1.165, 1.54) is 0 Å². The zero-order valence-corrected chi connectivity index (χ0v) is 8.97. The van der Waals surface area contributed by atoms with Crippen molar-refractivity contribution >= 4 is 60.6 Å². The van der Waals surface area contributed by atoms with Crippen LogP contribution in [0.15, 0.2) is 0 Å². The fraction of sp³-hybridized carbons (Fsp3) is 1.00. The van der Waals surface area contributed by atoms with Gasteiger partial charge in [0, 0.05) is 0 Å². The topological polar surface area (TPSA) is 0 Å². The Morgan fingerprint density at radius 1 is 1.20 bits per heavy atom. The number of alkyl halides is 3. The van der Waals surface area contributed by atoms with Gasteiger partial charge in [-0.25, -0.2) is 0 Å². The first-order valence-corrected chi connectivity index (χ1v) is 4.23. The Kier molecular flexibility index (Phi) is 2.98. The molecule has 0 N–H and O–H groups in total. The van der Waals surface area contributed by atoms with Crippen LogP contribution in [0.2, 0.25) is 0 Å². The summed E-state index contributed by atoms with van der Waals surface area (Å²) < 4.78 is -0.917. The van der Waals surface area contributed by atoms with Gasteiger partial charge in [0.25, 0.3) is 0 Å². The Balaban J connectivity index is 3.02. The van der Waals surface area contributed by atoms with Gasteiger partial charge in [0.1, 0.15) is 0 Å². The van der Waals surface area contributed by atoms with Gasteiger partial charge in [0.2, 0.25) is 0 Å². The van der Waals surface area contributed by atoms with Gasteiger partial charge in [-0.1, -0.05) is 0 Å². The molecule has 0 fully saturated rings. The molecule has 0 aliphatic carbocycles. The van der Waals surface area contributed by atoms with E-state index in [1.807, 2.05) is 0 Å². The molecule has 0 aliphatic heterocycles. The van der Waals surface area contributed by atoms with Gasteiger partial charge in [0.15, 0.2) is 0 Å². The third-order valence-corrected chi connectivity index (χ3v) is 0. The van der Waals surface area contributed by atoms with Crippen molar-refractivity contribution in [3.63, 3.8) is 0 Å². The average Bonchev–Trinajstić information content (AvgIpc) is 0.722. The molecule has 0 atom stereocenters. The second kappa shape index (κ2) is 2.19. The van der Waals surface area contributed by atoms with E-state index < -0.39 is 1.35 Å². The van der Waals surface area contributed by atoms with E-state index >= 15 is 0 Å². The Hall–Kier alpha value is 1.79. The number of halogens is 3. The second-order valence-electron chi connectivity index (χ2n) is 0.542. The molecule has 0 bridgehead atoms. The molecule has 0 nitrogen and oxygen atoms in total. The van der Waals surface area contributed by atoms with Crippen LogP contribution in [0.1, 0.15) is 0 Å². The summed E-state index contributed by atoms with van der Waals surface area (Å²) in [6.07, 6.45) is 0. The Morgan fingerprint density at radius 3 is 1.20 bits per heavy atom. The van der Waals surface area contributed by atoms with Crippen LogP contribution < -0.4 is 0 Å². The van der Waals surface area contributed by atoms with Gasteiger partial charge in [-0.2, -0.15) is 0 Å². The Bertz CT molecular complexity index is 22.4. The van der Waals surface area contributed by atoms with Crippen molar-refractivity contribution in [1.82, 2.24) is 0 Å². The molecule has 4 heteroatoms. The molecule has 0 amide bonds. The van der Waals surface area contributed by atoms with E-state index in [1.54, 1.807) is 0 Å². The van der Waals surface area contributed by atoms with E-state index in [9.17, 15) is 0 Å². The predicted octanol–water partition coefficient (Wildman–Crippen LogP) is 1.21. The quantitative estimate of drug-likeness (QED) is 0.464. The Labute approximate surface area is 61.5 Å². The first-order chi connectivity index (χ1) is 2.00. The van der Waals surface area contributed by atoms with Crippen LogP contribution >= 0.6 is 34.8 Å². The van der Waals surface area contributed by atoms with Crippen LogP contribution in [-0.2, 0) is 0 Å². The molecule has 0 unspecified atom stereocenters. The van der Waals surface area contributed by atoms with Crippen molar-refractivity contribution in [2.75, 3.05) is 0 Å². The fourth-order valence-electron chi connectivity index (χ4n) is 0. The number of hydrogen-bond acceptors (Lipinski definition) is 0. The molecule has 0 rings (SSSR count). The molecule has 0 saturated heterocycles. The van der Waals surface area contributed by atoms with Crippen LogP contribution in [-0.4, -0.2) is 27.1 Å². The number of hydrogen-bond donors (Lipinski definition) is 0. The van der Waals surface area contributed by atoms with E-state index in [4.69, 9.17) is 34.8 Å². The summed E-state index contributed by atoms with van der Waals surface area (Å²) in [7, 11) is 0. The normalized spacial score (nSPS) is 12.0. The molecule has 5 heavy (non-hydrogen) atoms. The van der Waals surface area contributed by atoms with Gasteiger partial charge in [-0.3, -0.25) is 0 Å². The van der Waals surface area contributed by atoms with Crippen molar-refractivity contribution in [1.29, 1.82) is 0 Å². The zero-order chi connectivity index (χ0) is 4.50. The van der Waals surface area contributed by atoms with Crippen LogP contribution in [0, 0.1) is 0 Å². The summed E-state index contributed by atoms with van der Waals surface area (Å²) in [4.78, 5) is 0. The summed E-state index contributed by atoms with van der Waals surface area (Å²) >= 11 is 15.8. The van der Waals surface area contributed by atoms with Crippen molar-refractivity contribution in [2.45, 2.75) is 1.35 Å². The zero-order valence-electron chi connectivity index (χ0n) is 2.21. The molecule has 0 saturated carbocycles. The van der Waals surface area contributed by atoms with Crippen LogP contribution in [0.4, 0.5) is 0 Å². The van der Waals surface area contributed by atoms with Crippen molar-refractivity contribution in [2.24, 2.45) is 0 Å². The van der Waals surface area contributed by atoms with E-state index in [0.717, 1.165) is 0 Å². The van der Waals surface area contributed by atoms with Crippen molar-refractivity contribution in [3.8, 4) is 0 Å². The molecule has 30 valence electrons. The summed E-state index contributed by atoms with van der Waals surface area (Å²) in [5, 5.41) is 0. The molecule has 0 aromatic heterocycles. The van der Waals surface area contributed by atoms with Gasteiger partial charge in [-0.05, 0) is 0 Å². The summed E-state index contributed by atoms with van der Waals surface area (Å²) in [6.45, 7) is 0. The monoisotopic (exact) mass is 326 g/mol. The summed E-state index contributed by atoms with van der Waals surface area (Å²) in [6, 6.07) is 0. The van der Waals surface area contributed by atoms with Crippen LogP contribution in [0.5, 0.6) is 0 Å². The first kappa shape index (κ1) is 6.79. The Morgan fingerprint density at radius 2 is 1.20 bits per heavy atom. The van der Waals surface area contributed by atoms with E-state index in [-0.39, 0.29) is 0 Å². The fourth-order valence-corrected chi connectivity index (χ4v) is 0. The molecular weight excluding hydrogens is 326 g/mol. The SMILES string of the molecule is Cl[C](Cl)(Cl)[PbH]. The van der Waals surface area contributed by atoms with Crippen molar-refractivity contribution in [3.05, 3.63) is 0 Å². The standard InChI is InChI=1S/CCl3.Pb.H/c2-1(3)4;;. The second-order valence-corrected chi connectivity index (χ2v) is 10.5. The predicted molar refractivity (Wildman–Crippen MR) is 27.4 cm³/mol. The van der Waals surface area contributed by atoms with E-state index in [2.05, 4.69) is 0 Å². The summed E-state index contributed by atoms with van der Waals surface area (Å²) in [5.74, 6) is 0. The molecule has 0 aromatic carbocycles. The first-order valence-electron chi connectivity index (χ1n) is 0.856. The minimum absolute atomic E-state index is 0.428. The number of rotatable bonds is 0. The van der Waals surface area contributed by atoms with Gasteiger partial charge < -0.3 is 0 Å². The molecule has 0 aliphatic rings. The minimum atomic E-state index is -0.917. The van der Waals surface area contributed by atoms with E-state index in [0.29, 0.717) is 25.8 Å². The molecule has 0 aromatic rings. The average molecular weight is 327 g/mol. The molecule has 0 heterocycles. The molecular formula is CHCl3Pb. The molecule has 0 spiro atoms. The van der Waals surface area contributed by atoms with Gasteiger partial charge in [-0.15, -0.1) is 0 Å². The maximum absolute atomic E-state index is 5.14. The van der Waals surface area contributed by atoms with Crippen molar-refractivity contribution < 1.29 is 0 Å². The van der Waals surface area contributed by atoms with Gasteiger partial charge >= 0.3 is 61.9 Å². The van der Waals surface area contributed by atoms with Crippen LogP contribution in [0.25, 0.3) is 0 Å². The maximum atomic E-state index is 5.14. The van der Waals surface area contributed by atoms with Crippen LogP contribution in [0.3, 0.4) is 0 Å². The third-order valence-electron chi connectivity index (χ3n) is 0. The molecule has 2 radical (unpaired) electrons. The summed E-state index contributed by atoms with van der Waals surface area (Å²) in [5.41, 5.74) is 0. The third kappa shape index (κ3) is 25.9.